The monoisotopic (exact) mass is 236 g/mol. The summed E-state index contributed by atoms with van der Waals surface area (Å²) < 4.78 is 5.21. The number of ether oxygens (including phenoxy) is 1. The summed E-state index contributed by atoms with van der Waals surface area (Å²) in [6.07, 6.45) is 0.312. The van der Waals surface area contributed by atoms with Crippen LogP contribution in [0.1, 0.15) is 25.8 Å². The van der Waals surface area contributed by atoms with Gasteiger partial charge in [0, 0.05) is 18.5 Å². The number of rotatable bonds is 4. The topological polar surface area (TPSA) is 64.3 Å². The van der Waals surface area contributed by atoms with E-state index in [9.17, 15) is 4.79 Å². The van der Waals surface area contributed by atoms with Gasteiger partial charge in [0.25, 0.3) is 0 Å². The van der Waals surface area contributed by atoms with Crippen molar-refractivity contribution in [2.24, 2.45) is 0 Å². The number of hydrogen-bond donors (Lipinski definition) is 2. The molecule has 94 valence electrons. The molecule has 0 atom stereocenters. The minimum Gasteiger partial charge on any atom is -0.399 e. The lowest BCUT2D eigenvalue weighted by Crippen LogP contribution is -2.29. The number of carbonyl (C=O) groups is 1. The van der Waals surface area contributed by atoms with E-state index in [1.807, 2.05) is 26.8 Å². The molecule has 0 aliphatic heterocycles. The number of amides is 1. The van der Waals surface area contributed by atoms with Gasteiger partial charge < -0.3 is 15.8 Å². The number of anilines is 2. The van der Waals surface area contributed by atoms with Gasteiger partial charge in [-0.25, -0.2) is 0 Å². The van der Waals surface area contributed by atoms with Gasteiger partial charge in [-0.1, -0.05) is 0 Å². The smallest absolute Gasteiger partial charge is 0.227 e. The van der Waals surface area contributed by atoms with Crippen molar-refractivity contribution in [1.29, 1.82) is 0 Å². The highest BCUT2D eigenvalue weighted by molar-refractivity contribution is 5.91. The fourth-order valence-corrected chi connectivity index (χ4v) is 1.42. The first-order chi connectivity index (χ1) is 7.84. The first-order valence-electron chi connectivity index (χ1n) is 5.55. The van der Waals surface area contributed by atoms with E-state index in [1.165, 1.54) is 0 Å². The van der Waals surface area contributed by atoms with Crippen LogP contribution in [0.5, 0.6) is 0 Å². The molecule has 1 aromatic carbocycles. The number of nitrogens with one attached hydrogen (secondary N) is 1. The van der Waals surface area contributed by atoms with Gasteiger partial charge >= 0.3 is 0 Å². The highest BCUT2D eigenvalue weighted by Gasteiger charge is 2.20. The van der Waals surface area contributed by atoms with Crippen molar-refractivity contribution in [3.63, 3.8) is 0 Å². The molecule has 0 radical (unpaired) electrons. The molecule has 4 heteroatoms. The average molecular weight is 236 g/mol. The van der Waals surface area contributed by atoms with Crippen LogP contribution in [-0.2, 0) is 9.53 Å². The molecule has 0 heterocycles. The predicted octanol–water partition coefficient (Wildman–Crippen LogP) is 2.33. The summed E-state index contributed by atoms with van der Waals surface area (Å²) in [5, 5.41) is 2.83. The molecule has 17 heavy (non-hydrogen) atoms. The van der Waals surface area contributed by atoms with Crippen LogP contribution in [-0.4, -0.2) is 18.6 Å². The van der Waals surface area contributed by atoms with Gasteiger partial charge in [-0.3, -0.25) is 4.79 Å². The summed E-state index contributed by atoms with van der Waals surface area (Å²) >= 11 is 0. The maximum Gasteiger partial charge on any atom is 0.227 e. The third-order valence-electron chi connectivity index (χ3n) is 2.69. The van der Waals surface area contributed by atoms with Gasteiger partial charge in [0.2, 0.25) is 5.91 Å². The van der Waals surface area contributed by atoms with E-state index in [-0.39, 0.29) is 5.91 Å². The summed E-state index contributed by atoms with van der Waals surface area (Å²) in [5.74, 6) is -0.0685. The fourth-order valence-electron chi connectivity index (χ4n) is 1.42. The zero-order valence-electron chi connectivity index (χ0n) is 10.8. The van der Waals surface area contributed by atoms with Crippen LogP contribution in [0.2, 0.25) is 0 Å². The molecule has 0 aromatic heterocycles. The van der Waals surface area contributed by atoms with Crippen molar-refractivity contribution in [2.75, 3.05) is 18.2 Å². The Labute approximate surface area is 102 Å². The van der Waals surface area contributed by atoms with Crippen LogP contribution in [0.15, 0.2) is 18.2 Å². The third kappa shape index (κ3) is 4.07. The number of aryl methyl sites for hydroxylation is 1. The first-order valence-corrected chi connectivity index (χ1v) is 5.55. The summed E-state index contributed by atoms with van der Waals surface area (Å²) in [4.78, 5) is 11.8. The summed E-state index contributed by atoms with van der Waals surface area (Å²) in [6, 6.07) is 5.43. The predicted molar refractivity (Wildman–Crippen MR) is 69.9 cm³/mol. The normalized spacial score (nSPS) is 11.3. The Bertz CT molecular complexity index is 414. The number of hydrogen-bond acceptors (Lipinski definition) is 3. The van der Waals surface area contributed by atoms with Gasteiger partial charge in [-0.2, -0.15) is 0 Å². The van der Waals surface area contributed by atoms with Crippen LogP contribution < -0.4 is 11.1 Å². The van der Waals surface area contributed by atoms with E-state index < -0.39 is 5.60 Å². The SMILES string of the molecule is COC(C)(C)CC(=O)Nc1ccc(N)c(C)c1. The Hall–Kier alpha value is -1.55. The molecular formula is C13H20N2O2. The van der Waals surface area contributed by atoms with E-state index >= 15 is 0 Å². The minimum absolute atomic E-state index is 0.0685. The largest absolute Gasteiger partial charge is 0.399 e. The third-order valence-corrected chi connectivity index (χ3v) is 2.69. The molecule has 3 N–H and O–H groups in total. The van der Waals surface area contributed by atoms with Crippen molar-refractivity contribution in [2.45, 2.75) is 32.8 Å². The highest BCUT2D eigenvalue weighted by Crippen LogP contribution is 2.18. The molecule has 0 fully saturated rings. The molecule has 4 nitrogen and oxygen atoms in total. The Morgan fingerprint density at radius 2 is 2.12 bits per heavy atom. The van der Waals surface area contributed by atoms with Crippen LogP contribution >= 0.6 is 0 Å². The van der Waals surface area contributed by atoms with Crippen molar-refractivity contribution >= 4 is 17.3 Å². The lowest BCUT2D eigenvalue weighted by Gasteiger charge is -2.22. The fraction of sp³-hybridized carbons (Fsp3) is 0.462. The van der Waals surface area contributed by atoms with Crippen LogP contribution in [0, 0.1) is 6.92 Å². The van der Waals surface area contributed by atoms with E-state index in [0.717, 1.165) is 16.9 Å². The number of nitrogen functional groups attached to an aromatic ring is 1. The van der Waals surface area contributed by atoms with Crippen molar-refractivity contribution < 1.29 is 9.53 Å². The second kappa shape index (κ2) is 5.19. The molecule has 0 saturated carbocycles. The highest BCUT2D eigenvalue weighted by atomic mass is 16.5. The summed E-state index contributed by atoms with van der Waals surface area (Å²) in [6.45, 7) is 5.66. The number of nitrogens with two attached hydrogens (primary N) is 1. The second-order valence-corrected chi connectivity index (χ2v) is 4.76. The molecule has 0 saturated heterocycles. The molecule has 0 aliphatic carbocycles. The molecule has 1 amide bonds. The minimum atomic E-state index is -0.451. The number of benzene rings is 1. The lowest BCUT2D eigenvalue weighted by atomic mass is 10.0. The molecule has 0 bridgehead atoms. The van der Waals surface area contributed by atoms with Gasteiger partial charge in [0.15, 0.2) is 0 Å². The average Bonchev–Trinajstić information content (AvgIpc) is 2.23. The van der Waals surface area contributed by atoms with E-state index in [0.29, 0.717) is 6.42 Å². The molecule has 1 aromatic rings. The van der Waals surface area contributed by atoms with Crippen LogP contribution in [0.4, 0.5) is 11.4 Å². The van der Waals surface area contributed by atoms with E-state index in [4.69, 9.17) is 10.5 Å². The summed E-state index contributed by atoms with van der Waals surface area (Å²) in [7, 11) is 1.60. The lowest BCUT2D eigenvalue weighted by molar-refractivity contribution is -0.121. The molecular weight excluding hydrogens is 216 g/mol. The van der Waals surface area contributed by atoms with E-state index in [2.05, 4.69) is 5.32 Å². The second-order valence-electron chi connectivity index (χ2n) is 4.76. The van der Waals surface area contributed by atoms with Gasteiger partial charge in [0.1, 0.15) is 0 Å². The number of methoxy groups -OCH3 is 1. The molecule has 0 aliphatic rings. The van der Waals surface area contributed by atoms with E-state index in [1.54, 1.807) is 19.2 Å². The zero-order valence-corrected chi connectivity index (χ0v) is 10.8. The quantitative estimate of drug-likeness (QED) is 0.789. The van der Waals surface area contributed by atoms with Gasteiger partial charge in [-0.15, -0.1) is 0 Å². The molecule has 0 spiro atoms. The summed E-state index contributed by atoms with van der Waals surface area (Å²) in [5.41, 5.74) is 7.69. The molecule has 1 rings (SSSR count). The maximum absolute atomic E-state index is 11.8. The Morgan fingerprint density at radius 1 is 1.47 bits per heavy atom. The van der Waals surface area contributed by atoms with Crippen LogP contribution in [0.25, 0.3) is 0 Å². The Balaban J connectivity index is 2.65. The van der Waals surface area contributed by atoms with Crippen molar-refractivity contribution in [3.8, 4) is 0 Å². The van der Waals surface area contributed by atoms with Crippen molar-refractivity contribution in [3.05, 3.63) is 23.8 Å². The van der Waals surface area contributed by atoms with Gasteiger partial charge in [-0.05, 0) is 44.5 Å². The van der Waals surface area contributed by atoms with Crippen LogP contribution in [0.3, 0.4) is 0 Å². The first kappa shape index (κ1) is 13.5. The standard InChI is InChI=1S/C13H20N2O2/c1-9-7-10(5-6-11(9)14)15-12(16)8-13(2,3)17-4/h5-7H,8,14H2,1-4H3,(H,15,16). The Morgan fingerprint density at radius 3 is 2.65 bits per heavy atom. The number of carbonyl (C=O) groups excluding carboxylic acids is 1. The zero-order chi connectivity index (χ0) is 13.1. The van der Waals surface area contributed by atoms with Gasteiger partial charge in [0.05, 0.1) is 12.0 Å². The van der Waals surface area contributed by atoms with Crippen molar-refractivity contribution in [1.82, 2.24) is 0 Å². The Kier molecular flexibility index (Phi) is 4.12. The molecule has 0 unspecified atom stereocenters. The maximum atomic E-state index is 11.8.